The second-order valence-electron chi connectivity index (χ2n) is 7.34. The monoisotopic (exact) mass is 319 g/mol. The van der Waals surface area contributed by atoms with Crippen LogP contribution in [0.2, 0.25) is 0 Å². The first kappa shape index (κ1) is 16.3. The number of rotatable bonds is 3. The summed E-state index contributed by atoms with van der Waals surface area (Å²) in [6.45, 7) is 6.16. The van der Waals surface area contributed by atoms with Crippen LogP contribution >= 0.6 is 0 Å². The van der Waals surface area contributed by atoms with Gasteiger partial charge in [0.2, 0.25) is 0 Å². The van der Waals surface area contributed by atoms with Crippen molar-refractivity contribution in [2.24, 2.45) is 11.8 Å². The fraction of sp³-hybridized carbons (Fsp3) is 0.824. The van der Waals surface area contributed by atoms with Gasteiger partial charge >= 0.3 is 6.03 Å². The Morgan fingerprint density at radius 1 is 1.17 bits per heavy atom. The Morgan fingerprint density at radius 2 is 1.91 bits per heavy atom. The highest BCUT2D eigenvalue weighted by Crippen LogP contribution is 2.30. The Bertz CT molecular complexity index is 493. The quantitative estimate of drug-likeness (QED) is 0.932. The van der Waals surface area contributed by atoms with Gasteiger partial charge in [0.25, 0.3) is 0 Å². The van der Waals surface area contributed by atoms with E-state index in [9.17, 15) is 4.79 Å². The maximum absolute atomic E-state index is 12.6. The number of urea groups is 1. The van der Waals surface area contributed by atoms with Crippen LogP contribution in [0.5, 0.6) is 0 Å². The van der Waals surface area contributed by atoms with E-state index in [1.807, 2.05) is 9.58 Å². The summed E-state index contributed by atoms with van der Waals surface area (Å²) in [6.07, 6.45) is 10.2. The van der Waals surface area contributed by atoms with Crippen molar-refractivity contribution in [1.29, 1.82) is 0 Å². The summed E-state index contributed by atoms with van der Waals surface area (Å²) in [5.41, 5.74) is 0. The zero-order chi connectivity index (χ0) is 16.2. The Hall–Kier alpha value is -1.59. The van der Waals surface area contributed by atoms with E-state index in [1.54, 1.807) is 12.7 Å². The minimum absolute atomic E-state index is 0.125. The average molecular weight is 319 g/mol. The van der Waals surface area contributed by atoms with Crippen LogP contribution in [0.4, 0.5) is 4.79 Å². The summed E-state index contributed by atoms with van der Waals surface area (Å²) in [6, 6.07) is 0.850. The molecule has 2 aliphatic rings. The number of carbonyl (C=O) groups excluding carboxylic acids is 1. The normalized spacial score (nSPS) is 26.5. The van der Waals surface area contributed by atoms with Crippen molar-refractivity contribution in [3.63, 3.8) is 0 Å². The molecule has 0 spiro atoms. The molecule has 1 aromatic rings. The van der Waals surface area contributed by atoms with Gasteiger partial charge in [-0.25, -0.2) is 14.5 Å². The molecule has 23 heavy (non-hydrogen) atoms. The molecule has 3 rings (SSSR count). The third-order valence-electron chi connectivity index (χ3n) is 5.55. The molecule has 1 saturated heterocycles. The molecule has 0 bridgehead atoms. The Kier molecular flexibility index (Phi) is 5.18. The van der Waals surface area contributed by atoms with Crippen molar-refractivity contribution in [1.82, 2.24) is 25.0 Å². The molecule has 1 aliphatic carbocycles. The lowest BCUT2D eigenvalue weighted by atomic mass is 9.78. The minimum Gasteiger partial charge on any atom is -0.335 e. The number of hydrogen-bond acceptors (Lipinski definition) is 3. The summed E-state index contributed by atoms with van der Waals surface area (Å²) in [4.78, 5) is 18.6. The zero-order valence-electron chi connectivity index (χ0n) is 14.3. The first-order valence-electron chi connectivity index (χ1n) is 9.04. The van der Waals surface area contributed by atoms with Gasteiger partial charge in [-0.1, -0.05) is 26.7 Å². The van der Waals surface area contributed by atoms with E-state index < -0.39 is 0 Å². The molecular weight excluding hydrogens is 290 g/mol. The van der Waals surface area contributed by atoms with Crippen molar-refractivity contribution in [2.75, 3.05) is 13.1 Å². The Labute approximate surface area is 138 Å². The van der Waals surface area contributed by atoms with E-state index >= 15 is 0 Å². The number of hydrogen-bond donors (Lipinski definition) is 1. The fourth-order valence-corrected chi connectivity index (χ4v) is 4.13. The summed E-state index contributed by atoms with van der Waals surface area (Å²) in [5.74, 6) is 1.26. The van der Waals surface area contributed by atoms with Crippen molar-refractivity contribution >= 4 is 6.03 Å². The number of amides is 2. The second-order valence-corrected chi connectivity index (χ2v) is 7.34. The lowest BCUT2D eigenvalue weighted by Crippen LogP contribution is -2.51. The van der Waals surface area contributed by atoms with Gasteiger partial charge in [-0.3, -0.25) is 0 Å². The molecule has 1 N–H and O–H groups in total. The second kappa shape index (κ2) is 7.32. The molecule has 0 unspecified atom stereocenters. The number of carbonyl (C=O) groups is 1. The predicted octanol–water partition coefficient (Wildman–Crippen LogP) is 2.84. The number of nitrogens with one attached hydrogen (secondary N) is 1. The topological polar surface area (TPSA) is 63.1 Å². The average Bonchev–Trinajstić information content (AvgIpc) is 3.10. The highest BCUT2D eigenvalue weighted by Gasteiger charge is 2.31. The van der Waals surface area contributed by atoms with E-state index in [4.69, 9.17) is 0 Å². The van der Waals surface area contributed by atoms with Gasteiger partial charge in [0.15, 0.2) is 0 Å². The maximum Gasteiger partial charge on any atom is 0.317 e. The van der Waals surface area contributed by atoms with Gasteiger partial charge in [-0.05, 0) is 37.5 Å². The van der Waals surface area contributed by atoms with Crippen molar-refractivity contribution in [3.8, 4) is 0 Å². The zero-order valence-corrected chi connectivity index (χ0v) is 14.3. The molecule has 0 radical (unpaired) electrons. The number of nitrogens with zero attached hydrogens (tertiary/aromatic N) is 4. The SMILES string of the molecule is CC(C)[C@H]1CCCC[C@@H]1NC(=O)N1CCC(n2cncn2)CC1. The van der Waals surface area contributed by atoms with Crippen molar-refractivity contribution < 1.29 is 4.79 Å². The molecule has 1 aromatic heterocycles. The molecule has 2 fully saturated rings. The van der Waals surface area contributed by atoms with E-state index in [0.717, 1.165) is 32.4 Å². The van der Waals surface area contributed by atoms with Gasteiger partial charge in [-0.2, -0.15) is 5.10 Å². The highest BCUT2D eigenvalue weighted by atomic mass is 16.2. The Morgan fingerprint density at radius 3 is 2.57 bits per heavy atom. The fourth-order valence-electron chi connectivity index (χ4n) is 4.13. The lowest BCUT2D eigenvalue weighted by Gasteiger charge is -2.38. The number of aromatic nitrogens is 3. The Balaban J connectivity index is 1.51. The summed E-state index contributed by atoms with van der Waals surface area (Å²) in [5, 5.41) is 7.54. The van der Waals surface area contributed by atoms with Crippen LogP contribution in [-0.2, 0) is 0 Å². The molecule has 2 atom stereocenters. The maximum atomic E-state index is 12.6. The molecule has 1 aliphatic heterocycles. The number of piperidine rings is 1. The first-order valence-corrected chi connectivity index (χ1v) is 9.04. The largest absolute Gasteiger partial charge is 0.335 e. The van der Waals surface area contributed by atoms with Crippen LogP contribution in [0.1, 0.15) is 58.4 Å². The molecular formula is C17H29N5O. The third-order valence-corrected chi connectivity index (χ3v) is 5.55. The van der Waals surface area contributed by atoms with Gasteiger partial charge in [0.1, 0.15) is 12.7 Å². The minimum atomic E-state index is 0.125. The summed E-state index contributed by atoms with van der Waals surface area (Å²) >= 11 is 0. The molecule has 2 amide bonds. The van der Waals surface area contributed by atoms with Gasteiger partial charge in [0.05, 0.1) is 6.04 Å². The number of likely N-dealkylation sites (tertiary alicyclic amines) is 1. The predicted molar refractivity (Wildman–Crippen MR) is 89.0 cm³/mol. The molecule has 1 saturated carbocycles. The van der Waals surface area contributed by atoms with E-state index in [2.05, 4.69) is 29.2 Å². The smallest absolute Gasteiger partial charge is 0.317 e. The summed E-state index contributed by atoms with van der Waals surface area (Å²) < 4.78 is 1.92. The molecule has 2 heterocycles. The molecule has 0 aromatic carbocycles. The first-order chi connectivity index (χ1) is 11.1. The van der Waals surface area contributed by atoms with Crippen molar-refractivity contribution in [2.45, 2.75) is 64.5 Å². The van der Waals surface area contributed by atoms with Crippen LogP contribution in [0.25, 0.3) is 0 Å². The van der Waals surface area contributed by atoms with Crippen LogP contribution < -0.4 is 5.32 Å². The van der Waals surface area contributed by atoms with E-state index in [0.29, 0.717) is 23.9 Å². The van der Waals surface area contributed by atoms with Crippen LogP contribution in [-0.4, -0.2) is 44.8 Å². The molecule has 6 nitrogen and oxygen atoms in total. The van der Waals surface area contributed by atoms with Crippen LogP contribution in [0.3, 0.4) is 0 Å². The van der Waals surface area contributed by atoms with Gasteiger partial charge in [-0.15, -0.1) is 0 Å². The van der Waals surface area contributed by atoms with Crippen molar-refractivity contribution in [3.05, 3.63) is 12.7 Å². The van der Waals surface area contributed by atoms with E-state index in [-0.39, 0.29) is 6.03 Å². The van der Waals surface area contributed by atoms with Crippen LogP contribution in [0.15, 0.2) is 12.7 Å². The van der Waals surface area contributed by atoms with Gasteiger partial charge < -0.3 is 10.2 Å². The summed E-state index contributed by atoms with van der Waals surface area (Å²) in [7, 11) is 0. The highest BCUT2D eigenvalue weighted by molar-refractivity contribution is 5.74. The standard InChI is InChI=1S/C17H29N5O/c1-13(2)15-5-3-4-6-16(15)20-17(23)21-9-7-14(8-10-21)22-12-18-11-19-22/h11-16H,3-10H2,1-2H3,(H,20,23)/t15-,16+/m1/s1. The lowest BCUT2D eigenvalue weighted by molar-refractivity contribution is 0.148. The van der Waals surface area contributed by atoms with Crippen LogP contribution in [0, 0.1) is 11.8 Å². The third kappa shape index (κ3) is 3.85. The van der Waals surface area contributed by atoms with E-state index in [1.165, 1.54) is 19.3 Å². The molecule has 6 heteroatoms. The van der Waals surface area contributed by atoms with Gasteiger partial charge in [0, 0.05) is 19.1 Å². The molecule has 128 valence electrons.